The monoisotopic (exact) mass is 341 g/mol. The van der Waals surface area contributed by atoms with Crippen LogP contribution in [0.4, 0.5) is 0 Å². The van der Waals surface area contributed by atoms with Crippen molar-refractivity contribution in [1.82, 2.24) is 4.98 Å². The maximum atomic E-state index is 12.0. The van der Waals surface area contributed by atoms with Crippen molar-refractivity contribution in [3.05, 3.63) is 89.2 Å². The number of fused-ring (bicyclic) bond motifs is 1. The van der Waals surface area contributed by atoms with Crippen LogP contribution < -0.4 is 5.73 Å². The summed E-state index contributed by atoms with van der Waals surface area (Å²) in [6.45, 7) is 0.755. The number of carbonyl (C=O) groups is 1. The van der Waals surface area contributed by atoms with E-state index in [1.54, 1.807) is 6.20 Å². The molecule has 26 heavy (non-hydrogen) atoms. The Balaban J connectivity index is 1.63. The number of pyridine rings is 1. The SMILES string of the molecule is NC(=O)[C@@H](Cc1cncc(-c2ccc3c(c2)C=NC3)c1)c1ccccc1. The molecule has 0 saturated carbocycles. The summed E-state index contributed by atoms with van der Waals surface area (Å²) < 4.78 is 0. The van der Waals surface area contributed by atoms with Crippen molar-refractivity contribution in [3.8, 4) is 11.1 Å². The topological polar surface area (TPSA) is 68.3 Å². The minimum absolute atomic E-state index is 0.324. The number of nitrogens with two attached hydrogens (primary N) is 1. The second-order valence-electron chi connectivity index (χ2n) is 6.54. The zero-order valence-electron chi connectivity index (χ0n) is 14.3. The van der Waals surface area contributed by atoms with Gasteiger partial charge in [0, 0.05) is 24.2 Å². The molecule has 4 nitrogen and oxygen atoms in total. The molecule has 0 fully saturated rings. The molecular weight excluding hydrogens is 322 g/mol. The molecule has 0 radical (unpaired) electrons. The van der Waals surface area contributed by atoms with E-state index in [4.69, 9.17) is 5.73 Å². The molecule has 2 aromatic carbocycles. The van der Waals surface area contributed by atoms with E-state index in [0.29, 0.717) is 6.42 Å². The Morgan fingerprint density at radius 1 is 1.04 bits per heavy atom. The minimum atomic E-state index is -0.361. The molecule has 0 bridgehead atoms. The van der Waals surface area contributed by atoms with Crippen molar-refractivity contribution >= 4 is 12.1 Å². The lowest BCUT2D eigenvalue weighted by atomic mass is 9.91. The first-order valence-corrected chi connectivity index (χ1v) is 8.62. The van der Waals surface area contributed by atoms with Crippen LogP contribution in [0.3, 0.4) is 0 Å². The molecule has 1 atom stereocenters. The molecule has 1 aliphatic rings. The number of primary amides is 1. The first kappa shape index (κ1) is 16.2. The van der Waals surface area contributed by atoms with Crippen molar-refractivity contribution in [1.29, 1.82) is 0 Å². The van der Waals surface area contributed by atoms with Gasteiger partial charge in [-0.3, -0.25) is 14.8 Å². The molecule has 4 heteroatoms. The summed E-state index contributed by atoms with van der Waals surface area (Å²) in [7, 11) is 0. The molecule has 0 saturated heterocycles. The molecule has 1 aromatic heterocycles. The Bertz CT molecular complexity index is 980. The lowest BCUT2D eigenvalue weighted by molar-refractivity contribution is -0.119. The summed E-state index contributed by atoms with van der Waals surface area (Å²) >= 11 is 0. The second-order valence-corrected chi connectivity index (χ2v) is 6.54. The van der Waals surface area contributed by atoms with Crippen molar-refractivity contribution in [2.45, 2.75) is 18.9 Å². The van der Waals surface area contributed by atoms with Crippen LogP contribution in [0.15, 0.2) is 72.0 Å². The van der Waals surface area contributed by atoms with Crippen LogP contribution in [-0.4, -0.2) is 17.1 Å². The minimum Gasteiger partial charge on any atom is -0.369 e. The molecule has 1 aliphatic heterocycles. The lowest BCUT2D eigenvalue weighted by Gasteiger charge is -2.14. The smallest absolute Gasteiger partial charge is 0.225 e. The molecule has 3 aromatic rings. The fourth-order valence-corrected chi connectivity index (χ4v) is 3.34. The van der Waals surface area contributed by atoms with Gasteiger partial charge in [-0.15, -0.1) is 0 Å². The molecule has 0 spiro atoms. The van der Waals surface area contributed by atoms with E-state index in [2.05, 4.69) is 34.2 Å². The number of rotatable bonds is 5. The van der Waals surface area contributed by atoms with Gasteiger partial charge in [-0.05, 0) is 46.4 Å². The Morgan fingerprint density at radius 3 is 2.69 bits per heavy atom. The molecule has 0 aliphatic carbocycles. The molecule has 128 valence electrons. The van der Waals surface area contributed by atoms with Gasteiger partial charge in [0.2, 0.25) is 5.91 Å². The first-order valence-electron chi connectivity index (χ1n) is 8.62. The highest BCUT2D eigenvalue weighted by Gasteiger charge is 2.18. The van der Waals surface area contributed by atoms with E-state index in [0.717, 1.165) is 34.4 Å². The largest absolute Gasteiger partial charge is 0.369 e. The molecule has 0 unspecified atom stereocenters. The average molecular weight is 341 g/mol. The van der Waals surface area contributed by atoms with Crippen LogP contribution in [0.1, 0.15) is 28.2 Å². The third-order valence-corrected chi connectivity index (χ3v) is 4.75. The summed E-state index contributed by atoms with van der Waals surface area (Å²) in [5.74, 6) is -0.684. The summed E-state index contributed by atoms with van der Waals surface area (Å²) in [5.41, 5.74) is 12.1. The van der Waals surface area contributed by atoms with E-state index in [9.17, 15) is 4.79 Å². The average Bonchev–Trinajstić information content (AvgIpc) is 3.14. The van der Waals surface area contributed by atoms with Gasteiger partial charge in [0.25, 0.3) is 0 Å². The third kappa shape index (κ3) is 3.26. The Kier molecular flexibility index (Phi) is 4.32. The van der Waals surface area contributed by atoms with E-state index in [1.807, 2.05) is 42.7 Å². The quantitative estimate of drug-likeness (QED) is 0.772. The number of hydrogen-bond donors (Lipinski definition) is 1. The standard InChI is InChI=1S/C22H19N3O/c23-22(26)21(16-4-2-1-3-5-16)9-15-8-19(13-24-11-15)17-6-7-18-12-25-14-20(18)10-17/h1-8,10-11,13-14,21H,9,12H2,(H2,23,26)/t21-/m0/s1. The zero-order chi connectivity index (χ0) is 17.9. The number of aliphatic imine (C=N–C) groups is 1. The summed E-state index contributed by atoms with van der Waals surface area (Å²) in [6, 6.07) is 18.1. The number of aromatic nitrogens is 1. The predicted octanol–water partition coefficient (Wildman–Crippen LogP) is 3.49. The van der Waals surface area contributed by atoms with Crippen molar-refractivity contribution in [2.75, 3.05) is 0 Å². The Labute approximate surface area is 152 Å². The van der Waals surface area contributed by atoms with Gasteiger partial charge < -0.3 is 5.73 Å². The summed E-state index contributed by atoms with van der Waals surface area (Å²) in [6.07, 6.45) is 6.09. The Hall–Kier alpha value is -3.27. The fourth-order valence-electron chi connectivity index (χ4n) is 3.34. The van der Waals surface area contributed by atoms with E-state index in [1.165, 1.54) is 5.56 Å². The molecule has 2 N–H and O–H groups in total. The number of hydrogen-bond acceptors (Lipinski definition) is 3. The van der Waals surface area contributed by atoms with E-state index < -0.39 is 0 Å². The number of benzene rings is 2. The van der Waals surface area contributed by atoms with Crippen molar-refractivity contribution < 1.29 is 4.79 Å². The lowest BCUT2D eigenvalue weighted by Crippen LogP contribution is -2.23. The van der Waals surface area contributed by atoms with Crippen LogP contribution in [0.25, 0.3) is 11.1 Å². The van der Waals surface area contributed by atoms with Gasteiger partial charge in [-0.1, -0.05) is 42.5 Å². The van der Waals surface area contributed by atoms with Gasteiger partial charge in [0.1, 0.15) is 0 Å². The van der Waals surface area contributed by atoms with Crippen LogP contribution in [0.5, 0.6) is 0 Å². The summed E-state index contributed by atoms with van der Waals surface area (Å²) in [5, 5.41) is 0. The number of amides is 1. The van der Waals surface area contributed by atoms with Gasteiger partial charge >= 0.3 is 0 Å². The van der Waals surface area contributed by atoms with Crippen LogP contribution >= 0.6 is 0 Å². The maximum absolute atomic E-state index is 12.0. The second kappa shape index (κ2) is 6.92. The van der Waals surface area contributed by atoms with Crippen molar-refractivity contribution in [3.63, 3.8) is 0 Å². The van der Waals surface area contributed by atoms with Crippen LogP contribution in [-0.2, 0) is 17.8 Å². The third-order valence-electron chi connectivity index (χ3n) is 4.75. The number of carbonyl (C=O) groups excluding carboxylic acids is 1. The van der Waals surface area contributed by atoms with Gasteiger partial charge in [-0.25, -0.2) is 0 Å². The van der Waals surface area contributed by atoms with Gasteiger partial charge in [0.05, 0.1) is 12.5 Å². The summed E-state index contributed by atoms with van der Waals surface area (Å²) in [4.78, 5) is 20.7. The van der Waals surface area contributed by atoms with Crippen LogP contribution in [0.2, 0.25) is 0 Å². The molecular formula is C22H19N3O. The highest BCUT2D eigenvalue weighted by atomic mass is 16.1. The van der Waals surface area contributed by atoms with Crippen molar-refractivity contribution in [2.24, 2.45) is 10.7 Å². The highest BCUT2D eigenvalue weighted by molar-refractivity contribution is 5.87. The van der Waals surface area contributed by atoms with Gasteiger partial charge in [0.15, 0.2) is 0 Å². The Morgan fingerprint density at radius 2 is 1.88 bits per heavy atom. The highest BCUT2D eigenvalue weighted by Crippen LogP contribution is 2.26. The van der Waals surface area contributed by atoms with Crippen LogP contribution in [0, 0.1) is 0 Å². The van der Waals surface area contributed by atoms with Gasteiger partial charge in [-0.2, -0.15) is 0 Å². The van der Waals surface area contributed by atoms with E-state index >= 15 is 0 Å². The molecule has 2 heterocycles. The van der Waals surface area contributed by atoms with E-state index in [-0.39, 0.29) is 11.8 Å². The maximum Gasteiger partial charge on any atom is 0.225 e. The zero-order valence-corrected chi connectivity index (χ0v) is 14.3. The normalized spacial score (nSPS) is 13.4. The molecule has 4 rings (SSSR count). The molecule has 1 amide bonds. The fraction of sp³-hybridized carbons (Fsp3) is 0.136. The predicted molar refractivity (Wildman–Crippen MR) is 103 cm³/mol. The first-order chi connectivity index (χ1) is 12.7. The number of nitrogens with zero attached hydrogens (tertiary/aromatic N) is 2.